The van der Waals surface area contributed by atoms with Crippen molar-refractivity contribution in [1.29, 1.82) is 0 Å². The van der Waals surface area contributed by atoms with Gasteiger partial charge in [0.2, 0.25) is 11.8 Å². The molecule has 1 aromatic rings. The summed E-state index contributed by atoms with van der Waals surface area (Å²) in [6.45, 7) is 6.09. The fraction of sp³-hybridized carbons (Fsp3) is 0.500. The van der Waals surface area contributed by atoms with Crippen LogP contribution in [0.1, 0.15) is 36.8 Å². The van der Waals surface area contributed by atoms with Crippen LogP contribution < -0.4 is 5.73 Å². The first kappa shape index (κ1) is 15.9. The molecular weight excluding hydrogens is 284 g/mol. The zero-order valence-corrected chi connectivity index (χ0v) is 13.5. The van der Waals surface area contributed by atoms with Crippen LogP contribution in [0.3, 0.4) is 0 Å². The summed E-state index contributed by atoms with van der Waals surface area (Å²) in [6.07, 6.45) is 0.601. The number of primary amides is 1. The van der Waals surface area contributed by atoms with Gasteiger partial charge in [-0.3, -0.25) is 9.59 Å². The molecule has 2 atom stereocenters. The van der Waals surface area contributed by atoms with E-state index in [9.17, 15) is 9.59 Å². The minimum Gasteiger partial charge on any atom is -0.368 e. The third-order valence-electron chi connectivity index (χ3n) is 3.59. The van der Waals surface area contributed by atoms with Crippen LogP contribution in [0.5, 0.6) is 0 Å². The second-order valence-corrected chi connectivity index (χ2v) is 6.99. The Kier molecular flexibility index (Phi) is 4.93. The molecular formula is C16H22N2O2S. The highest BCUT2D eigenvalue weighted by Gasteiger charge is 2.40. The van der Waals surface area contributed by atoms with Gasteiger partial charge >= 0.3 is 0 Å². The summed E-state index contributed by atoms with van der Waals surface area (Å²) in [5, 5.41) is -0.117. The summed E-state index contributed by atoms with van der Waals surface area (Å²) in [7, 11) is 0. The average molecular weight is 306 g/mol. The van der Waals surface area contributed by atoms with Gasteiger partial charge in [-0.2, -0.15) is 0 Å². The number of thioether (sulfide) groups is 1. The number of carbonyl (C=O) groups is 2. The number of carbonyl (C=O) groups excluding carboxylic acids is 2. The zero-order valence-electron chi connectivity index (χ0n) is 12.7. The third-order valence-corrected chi connectivity index (χ3v) is 4.82. The van der Waals surface area contributed by atoms with Crippen LogP contribution in [-0.4, -0.2) is 28.5 Å². The Balaban J connectivity index is 2.33. The molecule has 2 rings (SSSR count). The number of rotatable bonds is 5. The lowest BCUT2D eigenvalue weighted by molar-refractivity contribution is -0.137. The van der Waals surface area contributed by atoms with E-state index in [1.807, 2.05) is 39.0 Å². The third kappa shape index (κ3) is 3.59. The molecule has 0 saturated carbocycles. The topological polar surface area (TPSA) is 63.4 Å². The molecule has 4 nitrogen and oxygen atoms in total. The molecule has 5 heteroatoms. The van der Waals surface area contributed by atoms with Crippen LogP contribution in [0.4, 0.5) is 0 Å². The van der Waals surface area contributed by atoms with Crippen molar-refractivity contribution in [3.8, 4) is 0 Å². The number of amides is 2. The normalized spacial score (nSPS) is 20.1. The van der Waals surface area contributed by atoms with Crippen LogP contribution in [-0.2, 0) is 9.59 Å². The van der Waals surface area contributed by atoms with E-state index in [0.717, 1.165) is 11.1 Å². The maximum Gasteiger partial charge on any atom is 0.240 e. The molecule has 21 heavy (non-hydrogen) atoms. The zero-order chi connectivity index (χ0) is 15.6. The van der Waals surface area contributed by atoms with E-state index in [4.69, 9.17) is 5.73 Å². The van der Waals surface area contributed by atoms with Crippen molar-refractivity contribution in [2.75, 3.05) is 5.75 Å². The van der Waals surface area contributed by atoms with E-state index in [1.165, 1.54) is 0 Å². The Labute approximate surface area is 130 Å². The van der Waals surface area contributed by atoms with Gasteiger partial charge in [0.25, 0.3) is 0 Å². The van der Waals surface area contributed by atoms with Crippen molar-refractivity contribution in [2.24, 2.45) is 11.7 Å². The number of benzene rings is 1. The number of nitrogens with zero attached hydrogens (tertiary/aromatic N) is 1. The average Bonchev–Trinajstić information content (AvgIpc) is 2.77. The minimum absolute atomic E-state index is 0.00374. The van der Waals surface area contributed by atoms with Crippen LogP contribution in [0, 0.1) is 12.8 Å². The standard InChI is InChI=1S/C16H22N2O2S/c1-10(2)7-13(15(17)20)18-14(19)9-21-16(18)12-6-4-5-11(3)8-12/h4-6,8,10,13,16H,7,9H2,1-3H3,(H2,17,20)/t13-,16-/m1/s1. The largest absolute Gasteiger partial charge is 0.368 e. The summed E-state index contributed by atoms with van der Waals surface area (Å²) in [6, 6.07) is 7.54. The summed E-state index contributed by atoms with van der Waals surface area (Å²) < 4.78 is 0. The fourth-order valence-electron chi connectivity index (χ4n) is 2.67. The molecule has 2 N–H and O–H groups in total. The van der Waals surface area contributed by atoms with Gasteiger partial charge in [0, 0.05) is 0 Å². The van der Waals surface area contributed by atoms with Gasteiger partial charge in [-0.05, 0) is 24.8 Å². The van der Waals surface area contributed by atoms with E-state index >= 15 is 0 Å². The lowest BCUT2D eigenvalue weighted by atomic mass is 10.0. The molecule has 114 valence electrons. The maximum absolute atomic E-state index is 12.3. The highest BCUT2D eigenvalue weighted by Crippen LogP contribution is 2.41. The van der Waals surface area contributed by atoms with E-state index in [-0.39, 0.29) is 11.3 Å². The first-order valence-electron chi connectivity index (χ1n) is 7.18. The van der Waals surface area contributed by atoms with Gasteiger partial charge in [0.15, 0.2) is 0 Å². The van der Waals surface area contributed by atoms with Crippen molar-refractivity contribution in [2.45, 2.75) is 38.6 Å². The van der Waals surface area contributed by atoms with Crippen molar-refractivity contribution >= 4 is 23.6 Å². The quantitative estimate of drug-likeness (QED) is 0.909. The van der Waals surface area contributed by atoms with E-state index in [0.29, 0.717) is 18.1 Å². The van der Waals surface area contributed by atoms with Crippen LogP contribution in [0.25, 0.3) is 0 Å². The molecule has 0 aliphatic carbocycles. The molecule has 1 aliphatic heterocycles. The SMILES string of the molecule is Cc1cccc([C@H]2SCC(=O)N2[C@H](CC(C)C)C(N)=O)c1. The van der Waals surface area contributed by atoms with Crippen LogP contribution >= 0.6 is 11.8 Å². The van der Waals surface area contributed by atoms with Gasteiger partial charge in [0.05, 0.1) is 5.75 Å². The van der Waals surface area contributed by atoms with Gasteiger partial charge < -0.3 is 10.6 Å². The molecule has 0 unspecified atom stereocenters. The summed E-state index contributed by atoms with van der Waals surface area (Å²) in [5.74, 6) is 0.285. The van der Waals surface area contributed by atoms with Gasteiger partial charge in [-0.25, -0.2) is 0 Å². The number of hydrogen-bond donors (Lipinski definition) is 1. The number of hydrogen-bond acceptors (Lipinski definition) is 3. The summed E-state index contributed by atoms with van der Waals surface area (Å²) >= 11 is 1.56. The molecule has 0 bridgehead atoms. The number of nitrogens with two attached hydrogens (primary N) is 1. The highest BCUT2D eigenvalue weighted by atomic mass is 32.2. The van der Waals surface area contributed by atoms with Gasteiger partial charge in [-0.15, -0.1) is 11.8 Å². The maximum atomic E-state index is 12.3. The minimum atomic E-state index is -0.530. The molecule has 1 aromatic carbocycles. The second kappa shape index (κ2) is 6.52. The lowest BCUT2D eigenvalue weighted by Crippen LogP contribution is -2.47. The highest BCUT2D eigenvalue weighted by molar-refractivity contribution is 8.00. The lowest BCUT2D eigenvalue weighted by Gasteiger charge is -2.32. The molecule has 0 spiro atoms. The van der Waals surface area contributed by atoms with Crippen molar-refractivity contribution in [1.82, 2.24) is 4.90 Å². The molecule has 0 radical (unpaired) electrons. The predicted octanol–water partition coefficient (Wildman–Crippen LogP) is 2.47. The van der Waals surface area contributed by atoms with E-state index in [1.54, 1.807) is 16.7 Å². The van der Waals surface area contributed by atoms with Crippen molar-refractivity contribution in [3.05, 3.63) is 35.4 Å². The molecule has 0 aromatic heterocycles. The molecule has 1 saturated heterocycles. The van der Waals surface area contributed by atoms with Crippen molar-refractivity contribution in [3.63, 3.8) is 0 Å². The predicted molar refractivity (Wildman–Crippen MR) is 85.7 cm³/mol. The van der Waals surface area contributed by atoms with Crippen molar-refractivity contribution < 1.29 is 9.59 Å². The van der Waals surface area contributed by atoms with Gasteiger partial charge in [0.1, 0.15) is 11.4 Å². The van der Waals surface area contributed by atoms with E-state index in [2.05, 4.69) is 6.07 Å². The molecule has 1 aliphatic rings. The molecule has 1 fully saturated rings. The monoisotopic (exact) mass is 306 g/mol. The molecule has 1 heterocycles. The second-order valence-electron chi connectivity index (χ2n) is 5.93. The Morgan fingerprint density at radius 1 is 1.48 bits per heavy atom. The Morgan fingerprint density at radius 2 is 2.19 bits per heavy atom. The van der Waals surface area contributed by atoms with Gasteiger partial charge in [-0.1, -0.05) is 43.7 Å². The van der Waals surface area contributed by atoms with Crippen LogP contribution in [0.15, 0.2) is 24.3 Å². The number of aryl methyl sites for hydroxylation is 1. The fourth-order valence-corrected chi connectivity index (χ4v) is 3.88. The van der Waals surface area contributed by atoms with Crippen LogP contribution in [0.2, 0.25) is 0 Å². The first-order valence-corrected chi connectivity index (χ1v) is 8.23. The Hall–Kier alpha value is -1.49. The molecule has 2 amide bonds. The summed E-state index contributed by atoms with van der Waals surface area (Å²) in [4.78, 5) is 25.8. The first-order chi connectivity index (χ1) is 9.90. The summed E-state index contributed by atoms with van der Waals surface area (Å²) in [5.41, 5.74) is 7.76. The Morgan fingerprint density at radius 3 is 2.76 bits per heavy atom. The smallest absolute Gasteiger partial charge is 0.240 e. The Bertz CT molecular complexity index is 545. The van der Waals surface area contributed by atoms with E-state index < -0.39 is 11.9 Å².